The fraction of sp³-hybridized carbons (Fsp3) is 0.385. The number of hydrogen-bond donors (Lipinski definition) is 1. The maximum absolute atomic E-state index is 11.1. The zero-order chi connectivity index (χ0) is 13.0. The topological polar surface area (TPSA) is 70.1 Å². The van der Waals surface area contributed by atoms with Gasteiger partial charge >= 0.3 is 5.97 Å². The van der Waals surface area contributed by atoms with Gasteiger partial charge in [0.25, 0.3) is 0 Å². The van der Waals surface area contributed by atoms with E-state index in [-0.39, 0.29) is 12.4 Å². The number of carbonyl (C=O) groups is 1. The Hall–Kier alpha value is -1.88. The third kappa shape index (κ3) is 2.87. The Kier molecular flexibility index (Phi) is 3.94. The number of esters is 1. The number of aromatic nitrogens is 2. The van der Waals surface area contributed by atoms with Crippen LogP contribution in [-0.4, -0.2) is 28.7 Å². The van der Waals surface area contributed by atoms with Crippen molar-refractivity contribution in [1.29, 1.82) is 0 Å². The molecular formula is C13H17N3O2. The van der Waals surface area contributed by atoms with Crippen LogP contribution in [0.25, 0.3) is 11.0 Å². The van der Waals surface area contributed by atoms with E-state index in [1.165, 1.54) is 0 Å². The third-order valence-corrected chi connectivity index (χ3v) is 2.79. The van der Waals surface area contributed by atoms with Gasteiger partial charge in [0, 0.05) is 20.0 Å². The van der Waals surface area contributed by atoms with E-state index in [4.69, 9.17) is 10.5 Å². The quantitative estimate of drug-likeness (QED) is 0.800. The molecule has 5 heteroatoms. The lowest BCUT2D eigenvalue weighted by Gasteiger charge is -2.04. The molecule has 1 aromatic carbocycles. The highest BCUT2D eigenvalue weighted by Crippen LogP contribution is 2.14. The minimum Gasteiger partial charge on any atom is -0.465 e. The van der Waals surface area contributed by atoms with Crippen molar-refractivity contribution in [3.63, 3.8) is 0 Å². The SMILES string of the molecule is Cn1cnc2cc(CCOC(=O)CCN)ccc21. The number of aryl methyl sites for hydroxylation is 1. The largest absolute Gasteiger partial charge is 0.465 e. The minimum absolute atomic E-state index is 0.239. The molecular weight excluding hydrogens is 230 g/mol. The molecule has 5 nitrogen and oxygen atoms in total. The van der Waals surface area contributed by atoms with Crippen LogP contribution in [0.1, 0.15) is 12.0 Å². The normalized spacial score (nSPS) is 10.8. The molecule has 0 saturated carbocycles. The number of fused-ring (bicyclic) bond motifs is 1. The van der Waals surface area contributed by atoms with E-state index in [9.17, 15) is 4.79 Å². The number of benzene rings is 1. The van der Waals surface area contributed by atoms with Crippen molar-refractivity contribution in [3.05, 3.63) is 30.1 Å². The van der Waals surface area contributed by atoms with E-state index in [1.807, 2.05) is 29.8 Å². The number of nitrogens with two attached hydrogens (primary N) is 1. The van der Waals surface area contributed by atoms with Gasteiger partial charge in [0.2, 0.25) is 0 Å². The summed E-state index contributed by atoms with van der Waals surface area (Å²) >= 11 is 0. The second kappa shape index (κ2) is 5.64. The molecule has 0 atom stereocenters. The summed E-state index contributed by atoms with van der Waals surface area (Å²) in [5, 5.41) is 0. The van der Waals surface area contributed by atoms with Gasteiger partial charge in [-0.25, -0.2) is 4.98 Å². The first-order valence-electron chi connectivity index (χ1n) is 5.96. The predicted octanol–water partition coefficient (Wildman–Crippen LogP) is 1.01. The molecule has 0 unspecified atom stereocenters. The van der Waals surface area contributed by atoms with Gasteiger partial charge in [0.15, 0.2) is 0 Å². The van der Waals surface area contributed by atoms with Crippen LogP contribution >= 0.6 is 0 Å². The Morgan fingerprint density at radius 1 is 1.50 bits per heavy atom. The monoisotopic (exact) mass is 247 g/mol. The van der Waals surface area contributed by atoms with Gasteiger partial charge in [-0.3, -0.25) is 4.79 Å². The Morgan fingerprint density at radius 2 is 2.33 bits per heavy atom. The van der Waals surface area contributed by atoms with Gasteiger partial charge in [-0.05, 0) is 17.7 Å². The molecule has 1 aromatic heterocycles. The zero-order valence-corrected chi connectivity index (χ0v) is 10.4. The molecule has 0 fully saturated rings. The standard InChI is InChI=1S/C13H17N3O2/c1-16-9-15-11-8-10(2-3-12(11)16)5-7-18-13(17)4-6-14/h2-3,8-9H,4-7,14H2,1H3. The van der Waals surface area contributed by atoms with Gasteiger partial charge in [0.05, 0.1) is 30.4 Å². The molecule has 0 bridgehead atoms. The van der Waals surface area contributed by atoms with E-state index < -0.39 is 0 Å². The van der Waals surface area contributed by atoms with Crippen LogP contribution < -0.4 is 5.73 Å². The second-order valence-electron chi connectivity index (χ2n) is 4.19. The Bertz CT molecular complexity index is 548. The van der Waals surface area contributed by atoms with Gasteiger partial charge in [-0.1, -0.05) is 6.07 Å². The average Bonchev–Trinajstić information content (AvgIpc) is 2.71. The molecule has 2 aromatic rings. The van der Waals surface area contributed by atoms with Crippen LogP contribution in [0.15, 0.2) is 24.5 Å². The van der Waals surface area contributed by atoms with Crippen molar-refractivity contribution in [1.82, 2.24) is 9.55 Å². The molecule has 2 rings (SSSR count). The number of hydrogen-bond acceptors (Lipinski definition) is 4. The molecule has 0 amide bonds. The summed E-state index contributed by atoms with van der Waals surface area (Å²) < 4.78 is 7.03. The van der Waals surface area contributed by atoms with Crippen LogP contribution in [-0.2, 0) is 23.0 Å². The Morgan fingerprint density at radius 3 is 3.11 bits per heavy atom. The number of nitrogens with zero attached hydrogens (tertiary/aromatic N) is 2. The molecule has 0 aliphatic heterocycles. The molecule has 0 saturated heterocycles. The van der Waals surface area contributed by atoms with Gasteiger partial charge in [-0.2, -0.15) is 0 Å². The van der Waals surface area contributed by atoms with Crippen LogP contribution in [0.4, 0.5) is 0 Å². The first kappa shape index (κ1) is 12.6. The molecule has 2 N–H and O–H groups in total. The number of imidazole rings is 1. The Labute approximate surface area is 106 Å². The molecule has 0 aliphatic carbocycles. The smallest absolute Gasteiger partial charge is 0.307 e. The van der Waals surface area contributed by atoms with Crippen LogP contribution in [0.3, 0.4) is 0 Å². The van der Waals surface area contributed by atoms with Crippen molar-refractivity contribution >= 4 is 17.0 Å². The highest BCUT2D eigenvalue weighted by atomic mass is 16.5. The van der Waals surface area contributed by atoms with E-state index in [0.29, 0.717) is 19.6 Å². The molecule has 18 heavy (non-hydrogen) atoms. The maximum atomic E-state index is 11.1. The van der Waals surface area contributed by atoms with E-state index in [0.717, 1.165) is 16.6 Å². The maximum Gasteiger partial charge on any atom is 0.307 e. The minimum atomic E-state index is -0.239. The van der Waals surface area contributed by atoms with Gasteiger partial charge < -0.3 is 15.0 Å². The third-order valence-electron chi connectivity index (χ3n) is 2.79. The zero-order valence-electron chi connectivity index (χ0n) is 10.4. The summed E-state index contributed by atoms with van der Waals surface area (Å²) in [5.74, 6) is -0.239. The van der Waals surface area contributed by atoms with Crippen LogP contribution in [0.2, 0.25) is 0 Å². The summed E-state index contributed by atoms with van der Waals surface area (Å²) in [6, 6.07) is 6.08. The van der Waals surface area contributed by atoms with Crippen LogP contribution in [0, 0.1) is 0 Å². The first-order valence-corrected chi connectivity index (χ1v) is 5.96. The van der Waals surface area contributed by atoms with Crippen molar-refractivity contribution < 1.29 is 9.53 Å². The van der Waals surface area contributed by atoms with Crippen molar-refractivity contribution in [3.8, 4) is 0 Å². The van der Waals surface area contributed by atoms with E-state index in [1.54, 1.807) is 6.33 Å². The van der Waals surface area contributed by atoms with Crippen molar-refractivity contribution in [2.75, 3.05) is 13.2 Å². The van der Waals surface area contributed by atoms with Crippen LogP contribution in [0.5, 0.6) is 0 Å². The summed E-state index contributed by atoms with van der Waals surface area (Å²) in [5.41, 5.74) is 8.44. The van der Waals surface area contributed by atoms with Crippen molar-refractivity contribution in [2.24, 2.45) is 12.8 Å². The number of ether oxygens (including phenoxy) is 1. The molecule has 0 aliphatic rings. The molecule has 0 spiro atoms. The molecule has 96 valence electrons. The fourth-order valence-electron chi connectivity index (χ4n) is 1.81. The average molecular weight is 247 g/mol. The van der Waals surface area contributed by atoms with Crippen molar-refractivity contribution in [2.45, 2.75) is 12.8 Å². The molecule has 0 radical (unpaired) electrons. The number of rotatable bonds is 5. The summed E-state index contributed by atoms with van der Waals surface area (Å²) in [6.45, 7) is 0.718. The second-order valence-corrected chi connectivity index (χ2v) is 4.19. The number of carbonyl (C=O) groups excluding carboxylic acids is 1. The van der Waals surface area contributed by atoms with Gasteiger partial charge in [-0.15, -0.1) is 0 Å². The molecule has 1 heterocycles. The lowest BCUT2D eigenvalue weighted by Crippen LogP contribution is -2.12. The predicted molar refractivity (Wildman–Crippen MR) is 69.0 cm³/mol. The van der Waals surface area contributed by atoms with E-state index in [2.05, 4.69) is 4.98 Å². The lowest BCUT2D eigenvalue weighted by atomic mass is 10.1. The summed E-state index contributed by atoms with van der Waals surface area (Å²) in [7, 11) is 1.96. The lowest BCUT2D eigenvalue weighted by molar-refractivity contribution is -0.143. The summed E-state index contributed by atoms with van der Waals surface area (Å²) in [4.78, 5) is 15.4. The van der Waals surface area contributed by atoms with E-state index >= 15 is 0 Å². The fourth-order valence-corrected chi connectivity index (χ4v) is 1.81. The highest BCUT2D eigenvalue weighted by Gasteiger charge is 2.03. The Balaban J connectivity index is 1.94. The summed E-state index contributed by atoms with van der Waals surface area (Å²) in [6.07, 6.45) is 2.76. The van der Waals surface area contributed by atoms with Gasteiger partial charge in [0.1, 0.15) is 0 Å². The first-order chi connectivity index (χ1) is 8.70. The highest BCUT2D eigenvalue weighted by molar-refractivity contribution is 5.76.